The van der Waals surface area contributed by atoms with Crippen LogP contribution in [0.25, 0.3) is 16.2 Å². The van der Waals surface area contributed by atoms with Crippen molar-refractivity contribution in [1.29, 1.82) is 0 Å². The lowest BCUT2D eigenvalue weighted by Gasteiger charge is -2.22. The van der Waals surface area contributed by atoms with Crippen molar-refractivity contribution in [2.75, 3.05) is 37.0 Å². The number of carbonyl (C=O) groups excluding carboxylic acids is 1. The Morgan fingerprint density at radius 3 is 2.70 bits per heavy atom. The molecule has 3 aromatic rings. The molecule has 0 unspecified atom stereocenters. The van der Waals surface area contributed by atoms with E-state index in [9.17, 15) is 4.79 Å². The van der Waals surface area contributed by atoms with Gasteiger partial charge in [0, 0.05) is 31.3 Å². The van der Waals surface area contributed by atoms with E-state index in [1.165, 1.54) is 16.9 Å². The summed E-state index contributed by atoms with van der Waals surface area (Å²) in [4.78, 5) is 20.0. The maximum absolute atomic E-state index is 12.4. The predicted molar refractivity (Wildman–Crippen MR) is 134 cm³/mol. The van der Waals surface area contributed by atoms with Crippen molar-refractivity contribution in [3.05, 3.63) is 29.8 Å². The Hall–Kier alpha value is -2.65. The SMILES string of the molecule is CCc1ccc(-c2nc3sc(N(C)CC(=O)NC[C@@H]4CCCO4)nn3c2NC(C)(C)C)cc1. The van der Waals surface area contributed by atoms with Crippen LogP contribution in [-0.2, 0) is 16.0 Å². The first kappa shape index (κ1) is 23.5. The third kappa shape index (κ3) is 5.65. The number of carbonyl (C=O) groups is 1. The molecule has 1 aliphatic heterocycles. The van der Waals surface area contributed by atoms with Gasteiger partial charge in [0.25, 0.3) is 0 Å². The van der Waals surface area contributed by atoms with Gasteiger partial charge in [-0.05, 0) is 45.6 Å². The number of rotatable bonds is 8. The van der Waals surface area contributed by atoms with Crippen LogP contribution in [0.5, 0.6) is 0 Å². The molecule has 9 heteroatoms. The van der Waals surface area contributed by atoms with E-state index in [2.05, 4.69) is 62.6 Å². The van der Waals surface area contributed by atoms with E-state index in [1.54, 1.807) is 0 Å². The number of aromatic nitrogens is 3. The molecule has 2 N–H and O–H groups in total. The Morgan fingerprint density at radius 1 is 1.30 bits per heavy atom. The summed E-state index contributed by atoms with van der Waals surface area (Å²) in [6.07, 6.45) is 3.21. The second-order valence-electron chi connectivity index (χ2n) is 9.61. The highest BCUT2D eigenvalue weighted by molar-refractivity contribution is 7.20. The van der Waals surface area contributed by atoms with Crippen molar-refractivity contribution < 1.29 is 9.53 Å². The highest BCUT2D eigenvalue weighted by Crippen LogP contribution is 2.34. The molecule has 1 aromatic carbocycles. The molecule has 8 nitrogen and oxygen atoms in total. The van der Waals surface area contributed by atoms with Crippen LogP contribution in [0, 0.1) is 0 Å². The molecule has 1 amide bonds. The monoisotopic (exact) mass is 470 g/mol. The molecule has 1 atom stereocenters. The minimum absolute atomic E-state index is 0.0365. The Kier molecular flexibility index (Phi) is 6.90. The van der Waals surface area contributed by atoms with Crippen LogP contribution in [0.1, 0.15) is 46.1 Å². The maximum Gasteiger partial charge on any atom is 0.239 e. The minimum Gasteiger partial charge on any atom is -0.376 e. The molecule has 0 spiro atoms. The zero-order valence-electron chi connectivity index (χ0n) is 20.1. The average Bonchev–Trinajstić information content (AvgIpc) is 3.49. The second-order valence-corrected chi connectivity index (χ2v) is 10.5. The van der Waals surface area contributed by atoms with Crippen molar-refractivity contribution in [3.8, 4) is 11.3 Å². The average molecular weight is 471 g/mol. The van der Waals surface area contributed by atoms with Gasteiger partial charge in [-0.15, -0.1) is 5.10 Å². The van der Waals surface area contributed by atoms with Crippen LogP contribution in [-0.4, -0.2) is 58.9 Å². The number of imidazole rings is 1. The summed E-state index contributed by atoms with van der Waals surface area (Å²) in [5.74, 6) is 0.825. The number of hydrogen-bond acceptors (Lipinski definition) is 7. The van der Waals surface area contributed by atoms with Gasteiger partial charge in [-0.2, -0.15) is 4.52 Å². The number of fused-ring (bicyclic) bond motifs is 1. The third-order valence-electron chi connectivity index (χ3n) is 5.58. The molecule has 1 fully saturated rings. The Bertz CT molecular complexity index is 1090. The van der Waals surface area contributed by atoms with Gasteiger partial charge in [-0.3, -0.25) is 4.79 Å². The Balaban J connectivity index is 1.55. The number of ether oxygens (including phenoxy) is 1. The number of benzene rings is 1. The van der Waals surface area contributed by atoms with Crippen LogP contribution < -0.4 is 15.5 Å². The third-order valence-corrected chi connectivity index (χ3v) is 6.60. The number of nitrogens with one attached hydrogen (secondary N) is 2. The zero-order chi connectivity index (χ0) is 23.6. The Morgan fingerprint density at radius 2 is 2.06 bits per heavy atom. The molecule has 178 valence electrons. The first-order valence-corrected chi connectivity index (χ1v) is 12.4. The summed E-state index contributed by atoms with van der Waals surface area (Å²) >= 11 is 1.48. The number of anilines is 2. The molecule has 1 aliphatic rings. The van der Waals surface area contributed by atoms with Crippen molar-refractivity contribution >= 4 is 33.2 Å². The maximum atomic E-state index is 12.4. The van der Waals surface area contributed by atoms with E-state index < -0.39 is 0 Å². The molecule has 0 radical (unpaired) electrons. The summed E-state index contributed by atoms with van der Waals surface area (Å²) in [6.45, 7) is 10.1. The fraction of sp³-hybridized carbons (Fsp3) is 0.542. The van der Waals surface area contributed by atoms with Crippen molar-refractivity contribution in [1.82, 2.24) is 19.9 Å². The Labute approximate surface area is 199 Å². The molecule has 0 bridgehead atoms. The molecule has 2 aromatic heterocycles. The molecule has 0 saturated carbocycles. The summed E-state index contributed by atoms with van der Waals surface area (Å²) in [5.41, 5.74) is 3.08. The van der Waals surface area contributed by atoms with Crippen molar-refractivity contribution in [2.45, 2.75) is 58.6 Å². The molecular weight excluding hydrogens is 436 g/mol. The van der Waals surface area contributed by atoms with Gasteiger partial charge in [-0.1, -0.05) is 42.5 Å². The van der Waals surface area contributed by atoms with Gasteiger partial charge < -0.3 is 20.3 Å². The summed E-state index contributed by atoms with van der Waals surface area (Å²) in [7, 11) is 1.88. The normalized spacial score (nSPS) is 16.3. The lowest BCUT2D eigenvalue weighted by molar-refractivity contribution is -0.120. The topological polar surface area (TPSA) is 83.8 Å². The summed E-state index contributed by atoms with van der Waals surface area (Å²) < 4.78 is 7.43. The smallest absolute Gasteiger partial charge is 0.239 e. The van der Waals surface area contributed by atoms with Crippen LogP contribution >= 0.6 is 11.3 Å². The molecule has 1 saturated heterocycles. The number of hydrogen-bond donors (Lipinski definition) is 2. The van der Waals surface area contributed by atoms with Crippen molar-refractivity contribution in [2.24, 2.45) is 0 Å². The van der Waals surface area contributed by atoms with Gasteiger partial charge in [0.2, 0.25) is 16.0 Å². The lowest BCUT2D eigenvalue weighted by atomic mass is 10.1. The first-order chi connectivity index (χ1) is 15.7. The second kappa shape index (κ2) is 9.69. The van der Waals surface area contributed by atoms with E-state index in [0.717, 1.165) is 53.0 Å². The number of nitrogens with zero attached hydrogens (tertiary/aromatic N) is 4. The molecule has 3 heterocycles. The van der Waals surface area contributed by atoms with E-state index >= 15 is 0 Å². The zero-order valence-corrected chi connectivity index (χ0v) is 21.0. The fourth-order valence-electron chi connectivity index (χ4n) is 3.83. The van der Waals surface area contributed by atoms with Crippen LogP contribution in [0.4, 0.5) is 10.9 Å². The van der Waals surface area contributed by atoms with E-state index in [4.69, 9.17) is 14.8 Å². The summed E-state index contributed by atoms with van der Waals surface area (Å²) in [6, 6.07) is 8.52. The molecule has 33 heavy (non-hydrogen) atoms. The van der Waals surface area contributed by atoms with E-state index in [0.29, 0.717) is 6.54 Å². The van der Waals surface area contributed by atoms with Gasteiger partial charge in [0.05, 0.1) is 12.6 Å². The minimum atomic E-state index is -0.161. The first-order valence-electron chi connectivity index (χ1n) is 11.6. The van der Waals surface area contributed by atoms with E-state index in [-0.39, 0.29) is 24.1 Å². The van der Waals surface area contributed by atoms with E-state index in [1.807, 2.05) is 16.5 Å². The standard InChI is InChI=1S/C24H34N6O2S/c1-6-16-9-11-17(12-10-16)20-21(27-24(2,3)4)30-22(26-20)33-23(28-30)29(5)15-19(31)25-14-18-8-7-13-32-18/h9-12,18,27H,6-8,13-15H2,1-5H3,(H,25,31)/t18-/m0/s1. The van der Waals surface area contributed by atoms with Crippen LogP contribution in [0.2, 0.25) is 0 Å². The molecule has 0 aliphatic carbocycles. The largest absolute Gasteiger partial charge is 0.376 e. The fourth-order valence-corrected chi connectivity index (χ4v) is 4.69. The molecular formula is C24H34N6O2S. The number of aryl methyl sites for hydroxylation is 1. The highest BCUT2D eigenvalue weighted by Gasteiger charge is 2.23. The van der Waals surface area contributed by atoms with Gasteiger partial charge in [-0.25, -0.2) is 4.98 Å². The summed E-state index contributed by atoms with van der Waals surface area (Å²) in [5, 5.41) is 12.1. The lowest BCUT2D eigenvalue weighted by Crippen LogP contribution is -2.38. The van der Waals surface area contributed by atoms with Crippen LogP contribution in [0.3, 0.4) is 0 Å². The van der Waals surface area contributed by atoms with Crippen LogP contribution in [0.15, 0.2) is 24.3 Å². The number of likely N-dealkylation sites (N-methyl/N-ethyl adjacent to an activating group) is 1. The number of amides is 1. The predicted octanol–water partition coefficient (Wildman–Crippen LogP) is 3.96. The van der Waals surface area contributed by atoms with Gasteiger partial charge in [0.1, 0.15) is 5.69 Å². The quantitative estimate of drug-likeness (QED) is 0.518. The van der Waals surface area contributed by atoms with Crippen molar-refractivity contribution in [3.63, 3.8) is 0 Å². The van der Waals surface area contributed by atoms with Gasteiger partial charge in [0.15, 0.2) is 5.82 Å². The highest BCUT2D eigenvalue weighted by atomic mass is 32.1. The van der Waals surface area contributed by atoms with Gasteiger partial charge >= 0.3 is 0 Å². The molecule has 4 rings (SSSR count).